The predicted octanol–water partition coefficient (Wildman–Crippen LogP) is 1.08. The minimum absolute atomic E-state index is 0.0134. The molecule has 2 heterocycles. The van der Waals surface area contributed by atoms with Gasteiger partial charge in [0.2, 0.25) is 0 Å². The first-order valence-corrected chi connectivity index (χ1v) is 7.18. The molecule has 7 heteroatoms. The quantitative estimate of drug-likeness (QED) is 0.744. The molecular formula is C15H21N5O2. The summed E-state index contributed by atoms with van der Waals surface area (Å²) in [5.41, 5.74) is 0.941. The van der Waals surface area contributed by atoms with E-state index in [1.54, 1.807) is 23.3 Å². The third-order valence-corrected chi connectivity index (χ3v) is 3.53. The van der Waals surface area contributed by atoms with Crippen molar-refractivity contribution in [3.8, 4) is 5.82 Å². The summed E-state index contributed by atoms with van der Waals surface area (Å²) in [6.07, 6.45) is 6.86. The van der Waals surface area contributed by atoms with Gasteiger partial charge < -0.3 is 15.7 Å². The van der Waals surface area contributed by atoms with Crippen LogP contribution in [-0.2, 0) is 6.54 Å². The van der Waals surface area contributed by atoms with Crippen LogP contribution in [0.2, 0.25) is 0 Å². The number of aliphatic hydroxyl groups is 1. The number of amides is 2. The van der Waals surface area contributed by atoms with Crippen LogP contribution in [0.5, 0.6) is 0 Å². The molecule has 0 bridgehead atoms. The molecule has 0 spiro atoms. The van der Waals surface area contributed by atoms with Gasteiger partial charge in [-0.15, -0.1) is 0 Å². The summed E-state index contributed by atoms with van der Waals surface area (Å²) in [5.74, 6) is 0.763. The van der Waals surface area contributed by atoms with Gasteiger partial charge in [0, 0.05) is 37.8 Å². The Hall–Kier alpha value is -2.41. The lowest BCUT2D eigenvalue weighted by atomic mass is 10.1. The zero-order chi connectivity index (χ0) is 15.9. The standard InChI is InChI=1S/C15H21N5O2/c1-11(9-21)12(2)19-15(22)18-8-13-3-4-17-14(7-13)20-6-5-16-10-20/h3-7,10-12,21H,8-9H2,1-2H3,(H2,18,19,22). The fourth-order valence-corrected chi connectivity index (χ4v) is 1.85. The van der Waals surface area contributed by atoms with Crippen LogP contribution < -0.4 is 10.6 Å². The molecule has 118 valence electrons. The fraction of sp³-hybridized carbons (Fsp3) is 0.400. The number of carbonyl (C=O) groups excluding carboxylic acids is 1. The van der Waals surface area contributed by atoms with Crippen molar-refractivity contribution in [1.82, 2.24) is 25.2 Å². The Kier molecular flexibility index (Phi) is 5.48. The molecule has 2 aromatic heterocycles. The number of aliphatic hydroxyl groups excluding tert-OH is 1. The van der Waals surface area contributed by atoms with E-state index in [-0.39, 0.29) is 24.6 Å². The first-order chi connectivity index (χ1) is 10.6. The van der Waals surface area contributed by atoms with Gasteiger partial charge in [-0.1, -0.05) is 6.92 Å². The van der Waals surface area contributed by atoms with Crippen molar-refractivity contribution in [3.63, 3.8) is 0 Å². The highest BCUT2D eigenvalue weighted by Gasteiger charge is 2.13. The third kappa shape index (κ3) is 4.29. The van der Waals surface area contributed by atoms with Crippen molar-refractivity contribution in [2.24, 2.45) is 5.92 Å². The molecule has 0 aliphatic rings. The number of nitrogens with zero attached hydrogens (tertiary/aromatic N) is 3. The smallest absolute Gasteiger partial charge is 0.315 e. The molecule has 2 aromatic rings. The summed E-state index contributed by atoms with van der Waals surface area (Å²) in [5, 5.41) is 14.7. The molecule has 3 N–H and O–H groups in total. The van der Waals surface area contributed by atoms with Crippen molar-refractivity contribution in [1.29, 1.82) is 0 Å². The molecule has 2 amide bonds. The van der Waals surface area contributed by atoms with Crippen molar-refractivity contribution in [3.05, 3.63) is 42.6 Å². The van der Waals surface area contributed by atoms with Gasteiger partial charge in [0.15, 0.2) is 0 Å². The second-order valence-electron chi connectivity index (χ2n) is 5.27. The molecule has 0 radical (unpaired) electrons. The van der Waals surface area contributed by atoms with E-state index in [0.29, 0.717) is 6.54 Å². The van der Waals surface area contributed by atoms with Crippen molar-refractivity contribution >= 4 is 6.03 Å². The highest BCUT2D eigenvalue weighted by molar-refractivity contribution is 5.74. The fourth-order valence-electron chi connectivity index (χ4n) is 1.85. The number of carbonyl (C=O) groups is 1. The largest absolute Gasteiger partial charge is 0.396 e. The van der Waals surface area contributed by atoms with Crippen LogP contribution in [0.1, 0.15) is 19.4 Å². The van der Waals surface area contributed by atoms with E-state index in [0.717, 1.165) is 11.4 Å². The molecule has 22 heavy (non-hydrogen) atoms. The minimum atomic E-state index is -0.256. The maximum absolute atomic E-state index is 11.8. The molecule has 2 atom stereocenters. The summed E-state index contributed by atoms with van der Waals surface area (Å²) in [6.45, 7) is 4.19. The van der Waals surface area contributed by atoms with E-state index in [9.17, 15) is 4.79 Å². The lowest BCUT2D eigenvalue weighted by molar-refractivity contribution is 0.200. The number of hydrogen-bond acceptors (Lipinski definition) is 4. The Bertz CT molecular complexity index is 600. The van der Waals surface area contributed by atoms with E-state index in [4.69, 9.17) is 5.11 Å². The Morgan fingerprint density at radius 2 is 2.23 bits per heavy atom. The number of pyridine rings is 1. The van der Waals surface area contributed by atoms with Gasteiger partial charge in [0.05, 0.1) is 0 Å². The zero-order valence-electron chi connectivity index (χ0n) is 12.7. The topological polar surface area (TPSA) is 92.1 Å². The van der Waals surface area contributed by atoms with Crippen LogP contribution in [0, 0.1) is 5.92 Å². The Morgan fingerprint density at radius 1 is 1.41 bits per heavy atom. The molecule has 2 rings (SSSR count). The van der Waals surface area contributed by atoms with E-state index in [1.165, 1.54) is 0 Å². The maximum atomic E-state index is 11.8. The van der Waals surface area contributed by atoms with E-state index in [2.05, 4.69) is 20.6 Å². The zero-order valence-corrected chi connectivity index (χ0v) is 12.7. The molecule has 0 fully saturated rings. The summed E-state index contributed by atoms with van der Waals surface area (Å²) < 4.78 is 1.80. The van der Waals surface area contributed by atoms with Crippen LogP contribution in [0.3, 0.4) is 0 Å². The average molecular weight is 303 g/mol. The summed E-state index contributed by atoms with van der Waals surface area (Å²) >= 11 is 0. The number of imidazole rings is 1. The van der Waals surface area contributed by atoms with Crippen LogP contribution in [0.15, 0.2) is 37.1 Å². The van der Waals surface area contributed by atoms with E-state index < -0.39 is 0 Å². The first kappa shape index (κ1) is 16.0. The van der Waals surface area contributed by atoms with Crippen LogP contribution >= 0.6 is 0 Å². The summed E-state index contributed by atoms with van der Waals surface area (Å²) in [7, 11) is 0. The van der Waals surface area contributed by atoms with Gasteiger partial charge in [0.1, 0.15) is 12.1 Å². The second-order valence-corrected chi connectivity index (χ2v) is 5.27. The molecule has 2 unspecified atom stereocenters. The minimum Gasteiger partial charge on any atom is -0.396 e. The Labute approximate surface area is 129 Å². The van der Waals surface area contributed by atoms with Gasteiger partial charge in [0.25, 0.3) is 0 Å². The highest BCUT2D eigenvalue weighted by atomic mass is 16.3. The molecule has 0 aliphatic carbocycles. The lowest BCUT2D eigenvalue weighted by Crippen LogP contribution is -2.43. The van der Waals surface area contributed by atoms with Gasteiger partial charge >= 0.3 is 6.03 Å². The number of nitrogens with one attached hydrogen (secondary N) is 2. The van der Waals surface area contributed by atoms with E-state index in [1.807, 2.05) is 32.2 Å². The van der Waals surface area contributed by atoms with E-state index >= 15 is 0 Å². The maximum Gasteiger partial charge on any atom is 0.315 e. The number of urea groups is 1. The Morgan fingerprint density at radius 3 is 2.91 bits per heavy atom. The molecule has 0 aliphatic heterocycles. The highest BCUT2D eigenvalue weighted by Crippen LogP contribution is 2.06. The molecule has 0 saturated heterocycles. The number of hydrogen-bond donors (Lipinski definition) is 3. The van der Waals surface area contributed by atoms with Gasteiger partial charge in [-0.3, -0.25) is 4.57 Å². The van der Waals surface area contributed by atoms with Crippen molar-refractivity contribution in [2.75, 3.05) is 6.61 Å². The first-order valence-electron chi connectivity index (χ1n) is 7.18. The Balaban J connectivity index is 1.89. The van der Waals surface area contributed by atoms with Crippen molar-refractivity contribution in [2.45, 2.75) is 26.4 Å². The second kappa shape index (κ2) is 7.56. The summed E-state index contributed by atoms with van der Waals surface area (Å²) in [4.78, 5) is 20.1. The molecule has 0 aromatic carbocycles. The van der Waals surface area contributed by atoms with Crippen LogP contribution in [-0.4, -0.2) is 38.3 Å². The number of aromatic nitrogens is 3. The monoisotopic (exact) mass is 303 g/mol. The molecule has 0 saturated carbocycles. The number of rotatable bonds is 6. The van der Waals surface area contributed by atoms with Crippen molar-refractivity contribution < 1.29 is 9.90 Å². The normalized spacial score (nSPS) is 13.4. The van der Waals surface area contributed by atoms with Crippen LogP contribution in [0.25, 0.3) is 5.82 Å². The van der Waals surface area contributed by atoms with Gasteiger partial charge in [-0.05, 0) is 30.5 Å². The molecule has 7 nitrogen and oxygen atoms in total. The SMILES string of the molecule is CC(CO)C(C)NC(=O)NCc1ccnc(-n2ccnc2)c1. The predicted molar refractivity (Wildman–Crippen MR) is 82.4 cm³/mol. The third-order valence-electron chi connectivity index (χ3n) is 3.53. The molecular weight excluding hydrogens is 282 g/mol. The van der Waals surface area contributed by atoms with Crippen LogP contribution in [0.4, 0.5) is 4.79 Å². The van der Waals surface area contributed by atoms with Gasteiger partial charge in [-0.2, -0.15) is 0 Å². The average Bonchev–Trinajstić information content (AvgIpc) is 3.07. The lowest BCUT2D eigenvalue weighted by Gasteiger charge is -2.19. The summed E-state index contributed by atoms with van der Waals surface area (Å²) in [6, 6.07) is 3.39. The van der Waals surface area contributed by atoms with Gasteiger partial charge in [-0.25, -0.2) is 14.8 Å².